The molecule has 0 aliphatic rings. The number of nitrogens with one attached hydrogen (secondary N) is 1. The van der Waals surface area contributed by atoms with E-state index in [2.05, 4.69) is 39.6 Å². The fraction of sp³-hybridized carbons (Fsp3) is 0.286. The highest BCUT2D eigenvalue weighted by molar-refractivity contribution is 5.81. The maximum atomic E-state index is 5.68. The summed E-state index contributed by atoms with van der Waals surface area (Å²) in [7, 11) is 0. The predicted molar refractivity (Wildman–Crippen MR) is 75.6 cm³/mol. The predicted octanol–water partition coefficient (Wildman–Crippen LogP) is 1.70. The monoisotopic (exact) mass is 242 g/mol. The SMILES string of the molecule is CCNC(N)=NCCc1cccc2cccnc12. The van der Waals surface area contributed by atoms with Gasteiger partial charge in [-0.2, -0.15) is 0 Å². The lowest BCUT2D eigenvalue weighted by molar-refractivity contribution is 0.907. The number of rotatable bonds is 4. The summed E-state index contributed by atoms with van der Waals surface area (Å²) >= 11 is 0. The summed E-state index contributed by atoms with van der Waals surface area (Å²) in [5.74, 6) is 0.505. The molecule has 1 heterocycles. The van der Waals surface area contributed by atoms with Gasteiger partial charge >= 0.3 is 0 Å². The maximum absolute atomic E-state index is 5.68. The quantitative estimate of drug-likeness (QED) is 0.633. The number of fused-ring (bicyclic) bond motifs is 1. The smallest absolute Gasteiger partial charge is 0.188 e. The van der Waals surface area contributed by atoms with E-state index < -0.39 is 0 Å². The molecule has 0 bridgehead atoms. The van der Waals surface area contributed by atoms with E-state index >= 15 is 0 Å². The minimum atomic E-state index is 0.505. The summed E-state index contributed by atoms with van der Waals surface area (Å²) in [5, 5.41) is 4.15. The van der Waals surface area contributed by atoms with Crippen LogP contribution in [0.15, 0.2) is 41.5 Å². The van der Waals surface area contributed by atoms with Gasteiger partial charge in [-0.05, 0) is 25.0 Å². The average Bonchev–Trinajstić information content (AvgIpc) is 2.39. The number of hydrogen-bond donors (Lipinski definition) is 2. The molecule has 1 aromatic carbocycles. The largest absolute Gasteiger partial charge is 0.370 e. The van der Waals surface area contributed by atoms with Gasteiger partial charge < -0.3 is 11.1 Å². The molecule has 0 saturated heterocycles. The first kappa shape index (κ1) is 12.4. The molecule has 4 heteroatoms. The van der Waals surface area contributed by atoms with Crippen LogP contribution in [-0.2, 0) is 6.42 Å². The molecular formula is C14H18N4. The second-order valence-electron chi connectivity index (χ2n) is 4.04. The van der Waals surface area contributed by atoms with Crippen LogP contribution >= 0.6 is 0 Å². The average molecular weight is 242 g/mol. The normalized spacial score (nSPS) is 11.7. The van der Waals surface area contributed by atoms with Crippen molar-refractivity contribution >= 4 is 16.9 Å². The van der Waals surface area contributed by atoms with Crippen LogP contribution in [0.4, 0.5) is 0 Å². The number of hydrogen-bond acceptors (Lipinski definition) is 2. The van der Waals surface area contributed by atoms with Crippen molar-refractivity contribution in [2.75, 3.05) is 13.1 Å². The highest BCUT2D eigenvalue weighted by Crippen LogP contribution is 2.16. The zero-order valence-electron chi connectivity index (χ0n) is 10.6. The summed E-state index contributed by atoms with van der Waals surface area (Å²) in [4.78, 5) is 8.69. The third-order valence-electron chi connectivity index (χ3n) is 2.74. The molecule has 0 atom stereocenters. The Morgan fingerprint density at radius 2 is 2.17 bits per heavy atom. The van der Waals surface area contributed by atoms with Crippen molar-refractivity contribution in [1.82, 2.24) is 10.3 Å². The molecule has 0 aliphatic heterocycles. The van der Waals surface area contributed by atoms with E-state index in [0.29, 0.717) is 12.5 Å². The molecule has 4 nitrogen and oxygen atoms in total. The number of guanidine groups is 1. The van der Waals surface area contributed by atoms with E-state index in [1.807, 2.05) is 19.2 Å². The molecule has 0 unspecified atom stereocenters. The molecule has 2 aromatic rings. The van der Waals surface area contributed by atoms with Crippen LogP contribution in [0.25, 0.3) is 10.9 Å². The number of aliphatic imine (C=N–C) groups is 1. The minimum absolute atomic E-state index is 0.505. The Morgan fingerprint density at radius 3 is 3.00 bits per heavy atom. The van der Waals surface area contributed by atoms with Crippen molar-refractivity contribution in [2.45, 2.75) is 13.3 Å². The molecule has 94 valence electrons. The second kappa shape index (κ2) is 6.00. The van der Waals surface area contributed by atoms with Gasteiger partial charge in [-0.3, -0.25) is 9.98 Å². The molecule has 1 aromatic heterocycles. The lowest BCUT2D eigenvalue weighted by Crippen LogP contribution is -2.31. The Morgan fingerprint density at radius 1 is 1.33 bits per heavy atom. The summed E-state index contributed by atoms with van der Waals surface area (Å²) in [5.41, 5.74) is 7.95. The third-order valence-corrected chi connectivity index (χ3v) is 2.74. The van der Waals surface area contributed by atoms with Crippen molar-refractivity contribution in [2.24, 2.45) is 10.7 Å². The van der Waals surface area contributed by atoms with Crippen molar-refractivity contribution in [3.05, 3.63) is 42.1 Å². The first-order valence-corrected chi connectivity index (χ1v) is 6.17. The first-order valence-electron chi connectivity index (χ1n) is 6.17. The Labute approximate surface area is 107 Å². The van der Waals surface area contributed by atoms with Crippen LogP contribution in [0, 0.1) is 0 Å². The van der Waals surface area contributed by atoms with E-state index in [4.69, 9.17) is 5.73 Å². The first-order chi connectivity index (χ1) is 8.81. The van der Waals surface area contributed by atoms with E-state index in [-0.39, 0.29) is 0 Å². The van der Waals surface area contributed by atoms with Gasteiger partial charge in [0.05, 0.1) is 5.52 Å². The summed E-state index contributed by atoms with van der Waals surface area (Å²) < 4.78 is 0. The molecule has 0 saturated carbocycles. The number of benzene rings is 1. The van der Waals surface area contributed by atoms with Crippen molar-refractivity contribution in [3.8, 4) is 0 Å². The van der Waals surface area contributed by atoms with Gasteiger partial charge in [0.2, 0.25) is 0 Å². The molecule has 18 heavy (non-hydrogen) atoms. The molecule has 0 fully saturated rings. The number of nitrogens with zero attached hydrogens (tertiary/aromatic N) is 2. The highest BCUT2D eigenvalue weighted by Gasteiger charge is 2.00. The van der Waals surface area contributed by atoms with Crippen molar-refractivity contribution in [1.29, 1.82) is 0 Å². The zero-order chi connectivity index (χ0) is 12.8. The lowest BCUT2D eigenvalue weighted by atomic mass is 10.1. The Hall–Kier alpha value is -2.10. The number of pyridine rings is 1. The lowest BCUT2D eigenvalue weighted by Gasteiger charge is -2.05. The standard InChI is InChI=1S/C14H18N4/c1-2-16-14(15)18-10-8-12-6-3-5-11-7-4-9-17-13(11)12/h3-7,9H,2,8,10H2,1H3,(H3,15,16,18). The Balaban J connectivity index is 2.10. The van der Waals surface area contributed by atoms with Crippen molar-refractivity contribution in [3.63, 3.8) is 0 Å². The van der Waals surface area contributed by atoms with E-state index in [1.165, 1.54) is 10.9 Å². The Bertz CT molecular complexity index is 543. The molecule has 2 rings (SSSR count). The van der Waals surface area contributed by atoms with Crippen LogP contribution in [0.2, 0.25) is 0 Å². The second-order valence-corrected chi connectivity index (χ2v) is 4.04. The van der Waals surface area contributed by atoms with Gasteiger partial charge in [-0.15, -0.1) is 0 Å². The van der Waals surface area contributed by atoms with Gasteiger partial charge in [0, 0.05) is 24.7 Å². The van der Waals surface area contributed by atoms with Crippen molar-refractivity contribution < 1.29 is 0 Å². The zero-order valence-corrected chi connectivity index (χ0v) is 10.6. The van der Waals surface area contributed by atoms with Crippen LogP contribution in [0.5, 0.6) is 0 Å². The summed E-state index contributed by atoms with van der Waals surface area (Å²) in [6.45, 7) is 3.47. The Kier molecular flexibility index (Phi) is 4.12. The highest BCUT2D eigenvalue weighted by atomic mass is 15.1. The van der Waals surface area contributed by atoms with Crippen LogP contribution in [0.3, 0.4) is 0 Å². The number of nitrogens with two attached hydrogens (primary N) is 1. The van der Waals surface area contributed by atoms with Crippen LogP contribution in [-0.4, -0.2) is 24.0 Å². The summed E-state index contributed by atoms with van der Waals surface area (Å²) in [6.07, 6.45) is 2.67. The summed E-state index contributed by atoms with van der Waals surface area (Å²) in [6, 6.07) is 10.2. The molecule has 0 aliphatic carbocycles. The topological polar surface area (TPSA) is 63.3 Å². The van der Waals surface area contributed by atoms with Crippen LogP contribution in [0.1, 0.15) is 12.5 Å². The van der Waals surface area contributed by atoms with Gasteiger partial charge in [0.25, 0.3) is 0 Å². The van der Waals surface area contributed by atoms with E-state index in [9.17, 15) is 0 Å². The van der Waals surface area contributed by atoms with Crippen LogP contribution < -0.4 is 11.1 Å². The molecule has 0 spiro atoms. The number of aromatic nitrogens is 1. The molecular weight excluding hydrogens is 224 g/mol. The molecule has 3 N–H and O–H groups in total. The fourth-order valence-electron chi connectivity index (χ4n) is 1.90. The van der Waals surface area contributed by atoms with Gasteiger partial charge in [-0.1, -0.05) is 24.3 Å². The van der Waals surface area contributed by atoms with Gasteiger partial charge in [-0.25, -0.2) is 0 Å². The molecule has 0 amide bonds. The third kappa shape index (κ3) is 2.97. The van der Waals surface area contributed by atoms with Gasteiger partial charge in [0.15, 0.2) is 5.96 Å². The number of para-hydroxylation sites is 1. The molecule has 0 radical (unpaired) electrons. The fourth-order valence-corrected chi connectivity index (χ4v) is 1.90. The van der Waals surface area contributed by atoms with Gasteiger partial charge in [0.1, 0.15) is 0 Å². The minimum Gasteiger partial charge on any atom is -0.370 e. The van der Waals surface area contributed by atoms with E-state index in [1.54, 1.807) is 0 Å². The maximum Gasteiger partial charge on any atom is 0.188 e. The van der Waals surface area contributed by atoms with E-state index in [0.717, 1.165) is 18.5 Å².